The van der Waals surface area contributed by atoms with Gasteiger partial charge in [0.2, 0.25) is 6.41 Å². The Bertz CT molecular complexity index is 873. The molecule has 0 radical (unpaired) electrons. The smallest absolute Gasteiger partial charge is 0.272 e. The number of nitrogens with one attached hydrogen (secondary N) is 2. The van der Waals surface area contributed by atoms with Gasteiger partial charge in [-0.25, -0.2) is 9.50 Å². The topological polar surface area (TPSA) is 97.6 Å². The summed E-state index contributed by atoms with van der Waals surface area (Å²) in [4.78, 5) is 26.8. The van der Waals surface area contributed by atoms with Crippen LogP contribution in [0.25, 0.3) is 5.65 Å². The van der Waals surface area contributed by atoms with Gasteiger partial charge in [0.15, 0.2) is 11.5 Å². The number of imidazole rings is 1. The number of anilines is 1. The minimum atomic E-state index is -0.300. The van der Waals surface area contributed by atoms with Crippen molar-refractivity contribution in [3.8, 4) is 5.75 Å². The third-order valence-corrected chi connectivity index (χ3v) is 3.37. The summed E-state index contributed by atoms with van der Waals surface area (Å²) >= 11 is 0. The van der Waals surface area contributed by atoms with Gasteiger partial charge >= 0.3 is 0 Å². The molecule has 0 atom stereocenters. The third kappa shape index (κ3) is 3.32. The van der Waals surface area contributed by atoms with E-state index in [4.69, 9.17) is 4.74 Å². The number of ether oxygens (including phenoxy) is 1. The number of rotatable bonds is 6. The van der Waals surface area contributed by atoms with E-state index in [0.717, 1.165) is 11.3 Å². The fourth-order valence-corrected chi connectivity index (χ4v) is 2.15. The van der Waals surface area contributed by atoms with E-state index in [0.29, 0.717) is 24.4 Å². The molecule has 0 bridgehead atoms. The van der Waals surface area contributed by atoms with Gasteiger partial charge in [0.25, 0.3) is 5.91 Å². The molecule has 0 saturated heterocycles. The molecule has 0 saturated carbocycles. The van der Waals surface area contributed by atoms with Gasteiger partial charge in [0, 0.05) is 6.54 Å². The van der Waals surface area contributed by atoms with Gasteiger partial charge < -0.3 is 15.4 Å². The van der Waals surface area contributed by atoms with E-state index in [9.17, 15) is 9.59 Å². The minimum absolute atomic E-state index is 0.256. The van der Waals surface area contributed by atoms with E-state index in [1.165, 1.54) is 10.7 Å². The van der Waals surface area contributed by atoms with Crippen LogP contribution in [0.4, 0.5) is 5.82 Å². The van der Waals surface area contributed by atoms with Crippen molar-refractivity contribution in [2.75, 3.05) is 12.4 Å². The summed E-state index contributed by atoms with van der Waals surface area (Å²) in [5, 5.41) is 9.42. The molecule has 0 aliphatic heterocycles. The van der Waals surface area contributed by atoms with Crippen molar-refractivity contribution in [1.29, 1.82) is 0 Å². The fraction of sp³-hybridized carbons (Fsp3) is 0.125. The second-order valence-corrected chi connectivity index (χ2v) is 4.94. The molecule has 8 heteroatoms. The molecule has 3 rings (SSSR count). The van der Waals surface area contributed by atoms with Gasteiger partial charge in [-0.2, -0.15) is 5.10 Å². The number of amides is 2. The van der Waals surface area contributed by atoms with E-state index in [1.54, 1.807) is 19.2 Å². The number of hydrogen-bond donors (Lipinski definition) is 2. The molecule has 0 unspecified atom stereocenters. The molecule has 122 valence electrons. The zero-order valence-electron chi connectivity index (χ0n) is 12.9. The second kappa shape index (κ2) is 6.78. The van der Waals surface area contributed by atoms with Crippen molar-refractivity contribution >= 4 is 23.8 Å². The van der Waals surface area contributed by atoms with Crippen molar-refractivity contribution < 1.29 is 14.3 Å². The summed E-state index contributed by atoms with van der Waals surface area (Å²) in [7, 11) is 1.60. The summed E-state index contributed by atoms with van der Waals surface area (Å²) in [6, 6.07) is 10.7. The van der Waals surface area contributed by atoms with Crippen molar-refractivity contribution in [1.82, 2.24) is 19.9 Å². The summed E-state index contributed by atoms with van der Waals surface area (Å²) in [6.07, 6.45) is 2.06. The van der Waals surface area contributed by atoms with Gasteiger partial charge in [-0.15, -0.1) is 0 Å². The van der Waals surface area contributed by atoms with Crippen molar-refractivity contribution in [2.24, 2.45) is 0 Å². The van der Waals surface area contributed by atoms with E-state index >= 15 is 0 Å². The van der Waals surface area contributed by atoms with E-state index in [1.807, 2.05) is 24.3 Å². The first-order valence-corrected chi connectivity index (χ1v) is 7.17. The Morgan fingerprint density at radius 1 is 1.25 bits per heavy atom. The van der Waals surface area contributed by atoms with Crippen molar-refractivity contribution in [3.63, 3.8) is 0 Å². The molecular weight excluding hydrogens is 310 g/mol. The quantitative estimate of drug-likeness (QED) is 0.665. The van der Waals surface area contributed by atoms with Gasteiger partial charge in [-0.1, -0.05) is 12.1 Å². The molecule has 0 aliphatic carbocycles. The van der Waals surface area contributed by atoms with Gasteiger partial charge in [0.1, 0.15) is 11.4 Å². The largest absolute Gasteiger partial charge is 0.497 e. The SMILES string of the molecule is COc1ccc(CNC(=O)c2ccc3nc(NC=O)cn3n2)cc1. The molecule has 3 aromatic rings. The van der Waals surface area contributed by atoms with Crippen LogP contribution in [0.3, 0.4) is 0 Å². The Labute approximate surface area is 137 Å². The Kier molecular flexibility index (Phi) is 4.37. The van der Waals surface area contributed by atoms with Gasteiger partial charge in [-0.3, -0.25) is 9.59 Å². The number of methoxy groups -OCH3 is 1. The lowest BCUT2D eigenvalue weighted by atomic mass is 10.2. The summed E-state index contributed by atoms with van der Waals surface area (Å²) in [5.74, 6) is 0.830. The number of benzene rings is 1. The average molecular weight is 325 g/mol. The predicted octanol–water partition coefficient (Wildman–Crippen LogP) is 1.24. The van der Waals surface area contributed by atoms with Gasteiger partial charge in [0.05, 0.1) is 13.3 Å². The third-order valence-electron chi connectivity index (χ3n) is 3.37. The molecule has 2 N–H and O–H groups in total. The minimum Gasteiger partial charge on any atom is -0.497 e. The number of hydrogen-bond acceptors (Lipinski definition) is 5. The first kappa shape index (κ1) is 15.5. The van der Waals surface area contributed by atoms with Crippen molar-refractivity contribution in [3.05, 3.63) is 53.9 Å². The number of carbonyl (C=O) groups excluding carboxylic acids is 2. The lowest BCUT2D eigenvalue weighted by Crippen LogP contribution is -2.24. The van der Waals surface area contributed by atoms with Crippen LogP contribution >= 0.6 is 0 Å². The molecule has 8 nitrogen and oxygen atoms in total. The average Bonchev–Trinajstić information content (AvgIpc) is 3.02. The van der Waals surface area contributed by atoms with E-state index < -0.39 is 0 Å². The maximum absolute atomic E-state index is 12.2. The summed E-state index contributed by atoms with van der Waals surface area (Å²) in [5.41, 5.74) is 1.74. The number of fused-ring (bicyclic) bond motifs is 1. The summed E-state index contributed by atoms with van der Waals surface area (Å²) in [6.45, 7) is 0.379. The van der Waals surface area contributed by atoms with Crippen LogP contribution in [-0.2, 0) is 11.3 Å². The van der Waals surface area contributed by atoms with Crippen LogP contribution in [0.15, 0.2) is 42.6 Å². The van der Waals surface area contributed by atoms with Crippen LogP contribution in [0, 0.1) is 0 Å². The van der Waals surface area contributed by atoms with Crippen LogP contribution < -0.4 is 15.4 Å². The number of aromatic nitrogens is 3. The molecule has 2 amide bonds. The van der Waals surface area contributed by atoms with Crippen LogP contribution in [0.1, 0.15) is 16.1 Å². The molecule has 0 fully saturated rings. The fourth-order valence-electron chi connectivity index (χ4n) is 2.15. The Morgan fingerprint density at radius 3 is 2.75 bits per heavy atom. The van der Waals surface area contributed by atoms with Gasteiger partial charge in [-0.05, 0) is 29.8 Å². The van der Waals surface area contributed by atoms with Crippen LogP contribution in [0.5, 0.6) is 5.75 Å². The molecule has 0 spiro atoms. The van der Waals surface area contributed by atoms with E-state index in [-0.39, 0.29) is 11.6 Å². The second-order valence-electron chi connectivity index (χ2n) is 4.94. The highest BCUT2D eigenvalue weighted by molar-refractivity contribution is 5.92. The zero-order chi connectivity index (χ0) is 16.9. The molecule has 2 heterocycles. The first-order chi connectivity index (χ1) is 11.7. The Hall–Kier alpha value is -3.42. The highest BCUT2D eigenvalue weighted by Gasteiger charge is 2.10. The lowest BCUT2D eigenvalue weighted by Gasteiger charge is -2.06. The Balaban J connectivity index is 1.69. The number of carbonyl (C=O) groups is 2. The van der Waals surface area contributed by atoms with Crippen molar-refractivity contribution in [2.45, 2.75) is 6.54 Å². The molecular formula is C16H15N5O3. The van der Waals surface area contributed by atoms with E-state index in [2.05, 4.69) is 20.7 Å². The monoisotopic (exact) mass is 325 g/mol. The number of nitrogens with zero attached hydrogens (tertiary/aromatic N) is 3. The first-order valence-electron chi connectivity index (χ1n) is 7.17. The predicted molar refractivity (Wildman–Crippen MR) is 86.8 cm³/mol. The van der Waals surface area contributed by atoms with Crippen LogP contribution in [0.2, 0.25) is 0 Å². The van der Waals surface area contributed by atoms with Crippen LogP contribution in [-0.4, -0.2) is 34.0 Å². The normalized spacial score (nSPS) is 10.4. The molecule has 0 aliphatic rings. The Morgan fingerprint density at radius 2 is 2.04 bits per heavy atom. The standard InChI is InChI=1S/C16H15N5O3/c1-24-12-4-2-11(3-5-12)8-17-16(23)13-6-7-15-19-14(18-10-22)9-21(15)20-13/h2-7,9-10H,8H2,1H3,(H,17,23)(H,18,22). The molecule has 24 heavy (non-hydrogen) atoms. The highest BCUT2D eigenvalue weighted by atomic mass is 16.5. The summed E-state index contributed by atoms with van der Waals surface area (Å²) < 4.78 is 6.53. The molecule has 1 aromatic carbocycles. The lowest BCUT2D eigenvalue weighted by molar-refractivity contribution is -0.105. The maximum Gasteiger partial charge on any atom is 0.272 e. The zero-order valence-corrected chi connectivity index (χ0v) is 12.9. The highest BCUT2D eigenvalue weighted by Crippen LogP contribution is 2.11. The molecule has 2 aromatic heterocycles. The maximum atomic E-state index is 12.2.